The molecule has 2 rings (SSSR count). The molecule has 0 amide bonds. The van der Waals surface area contributed by atoms with Gasteiger partial charge in [-0.25, -0.2) is 0 Å². The van der Waals surface area contributed by atoms with E-state index in [1.165, 1.54) is 0 Å². The maximum Gasteiger partial charge on any atom is 0.119 e. The van der Waals surface area contributed by atoms with E-state index in [4.69, 9.17) is 4.74 Å². The Hall–Kier alpha value is -1.77. The van der Waals surface area contributed by atoms with Crippen LogP contribution in [-0.4, -0.2) is 13.3 Å². The second-order valence-electron chi connectivity index (χ2n) is 2.65. The number of allylic oxidation sites excluding steroid dienone is 1. The van der Waals surface area contributed by atoms with E-state index in [0.717, 1.165) is 17.0 Å². The summed E-state index contributed by atoms with van der Waals surface area (Å²) in [6, 6.07) is 7.75. The smallest absolute Gasteiger partial charge is 0.119 e. The summed E-state index contributed by atoms with van der Waals surface area (Å²) in [4.78, 5) is 0. The third-order valence-corrected chi connectivity index (χ3v) is 1.83. The Morgan fingerprint density at radius 2 is 2.23 bits per heavy atom. The van der Waals surface area contributed by atoms with Gasteiger partial charge in [-0.1, -0.05) is 12.1 Å². The van der Waals surface area contributed by atoms with Crippen LogP contribution in [0.5, 0.6) is 5.75 Å². The molecule has 0 fully saturated rings. The van der Waals surface area contributed by atoms with E-state index in [0.29, 0.717) is 0 Å². The molecule has 0 aromatic heterocycles. The number of methoxy groups -OCH3 is 1. The molecule has 0 aliphatic carbocycles. The average molecular weight is 173 g/mol. The number of rotatable bonds is 2. The molecule has 1 aromatic carbocycles. The number of hydrogen-bond donors (Lipinski definition) is 0. The summed E-state index contributed by atoms with van der Waals surface area (Å²) in [7, 11) is 1.65. The van der Waals surface area contributed by atoms with E-state index in [2.05, 4.69) is 10.5 Å². The SMILES string of the molecule is COc1cccc(C2=CC=N[N]2)c1. The highest BCUT2D eigenvalue weighted by Crippen LogP contribution is 2.19. The summed E-state index contributed by atoms with van der Waals surface area (Å²) in [6.45, 7) is 0. The highest BCUT2D eigenvalue weighted by atomic mass is 16.5. The highest BCUT2D eigenvalue weighted by Gasteiger charge is 2.05. The van der Waals surface area contributed by atoms with Gasteiger partial charge in [-0.3, -0.25) is 0 Å². The van der Waals surface area contributed by atoms with Gasteiger partial charge in [-0.2, -0.15) is 10.5 Å². The number of nitrogens with zero attached hydrogens (tertiary/aromatic N) is 2. The Morgan fingerprint density at radius 3 is 2.92 bits per heavy atom. The molecule has 0 spiro atoms. The number of hydrogen-bond acceptors (Lipinski definition) is 2. The second-order valence-corrected chi connectivity index (χ2v) is 2.65. The number of benzene rings is 1. The maximum atomic E-state index is 5.10. The lowest BCUT2D eigenvalue weighted by molar-refractivity contribution is 0.414. The van der Waals surface area contributed by atoms with Crippen LogP contribution < -0.4 is 10.2 Å². The minimum atomic E-state index is 0.834. The van der Waals surface area contributed by atoms with E-state index < -0.39 is 0 Å². The second kappa shape index (κ2) is 3.31. The Kier molecular flexibility index (Phi) is 2.00. The lowest BCUT2D eigenvalue weighted by Gasteiger charge is -2.03. The van der Waals surface area contributed by atoms with Gasteiger partial charge < -0.3 is 4.74 Å². The highest BCUT2D eigenvalue weighted by molar-refractivity contribution is 5.87. The summed E-state index contributed by atoms with van der Waals surface area (Å²) in [5.41, 5.74) is 5.86. The first-order valence-corrected chi connectivity index (χ1v) is 3.99. The van der Waals surface area contributed by atoms with Gasteiger partial charge >= 0.3 is 0 Å². The van der Waals surface area contributed by atoms with Crippen molar-refractivity contribution in [3.8, 4) is 5.75 Å². The monoisotopic (exact) mass is 173 g/mol. The van der Waals surface area contributed by atoms with Crippen LogP contribution in [0.25, 0.3) is 5.70 Å². The van der Waals surface area contributed by atoms with Crippen LogP contribution in [0.1, 0.15) is 5.56 Å². The van der Waals surface area contributed by atoms with Gasteiger partial charge in [-0.15, -0.1) is 0 Å². The van der Waals surface area contributed by atoms with Gasteiger partial charge in [0.2, 0.25) is 0 Å². The fraction of sp³-hybridized carbons (Fsp3) is 0.100. The number of ether oxygens (including phenoxy) is 1. The van der Waals surface area contributed by atoms with E-state index in [9.17, 15) is 0 Å². The third kappa shape index (κ3) is 1.54. The lowest BCUT2D eigenvalue weighted by atomic mass is 10.1. The maximum absolute atomic E-state index is 5.10. The van der Waals surface area contributed by atoms with E-state index >= 15 is 0 Å². The third-order valence-electron chi connectivity index (χ3n) is 1.83. The zero-order valence-electron chi connectivity index (χ0n) is 7.27. The van der Waals surface area contributed by atoms with Crippen molar-refractivity contribution < 1.29 is 4.74 Å². The van der Waals surface area contributed by atoms with Gasteiger partial charge in [0, 0.05) is 5.56 Å². The standard InChI is InChI=1S/C10H9N2O/c1-13-9-4-2-3-8(7-9)10-5-6-11-12-10/h2-7H,1H3. The molecule has 65 valence electrons. The minimum Gasteiger partial charge on any atom is -0.497 e. The predicted molar refractivity (Wildman–Crippen MR) is 51.6 cm³/mol. The van der Waals surface area contributed by atoms with Crippen molar-refractivity contribution in [1.82, 2.24) is 5.43 Å². The first-order chi connectivity index (χ1) is 6.40. The molecule has 1 radical (unpaired) electrons. The van der Waals surface area contributed by atoms with Crippen molar-refractivity contribution >= 4 is 11.9 Å². The fourth-order valence-corrected chi connectivity index (χ4v) is 1.17. The summed E-state index contributed by atoms with van der Waals surface area (Å²) >= 11 is 0. The molecule has 13 heavy (non-hydrogen) atoms. The van der Waals surface area contributed by atoms with Crippen LogP contribution in [0.4, 0.5) is 0 Å². The van der Waals surface area contributed by atoms with Crippen LogP contribution >= 0.6 is 0 Å². The zero-order chi connectivity index (χ0) is 9.10. The van der Waals surface area contributed by atoms with Gasteiger partial charge in [0.1, 0.15) is 5.75 Å². The topological polar surface area (TPSA) is 35.7 Å². The minimum absolute atomic E-state index is 0.834. The van der Waals surface area contributed by atoms with Crippen molar-refractivity contribution in [2.45, 2.75) is 0 Å². The molecular weight excluding hydrogens is 164 g/mol. The average Bonchev–Trinajstić information content (AvgIpc) is 2.71. The van der Waals surface area contributed by atoms with Crippen LogP contribution in [-0.2, 0) is 0 Å². The molecule has 0 atom stereocenters. The quantitative estimate of drug-likeness (QED) is 0.669. The zero-order valence-corrected chi connectivity index (χ0v) is 7.27. The van der Waals surface area contributed by atoms with Gasteiger partial charge in [0.05, 0.1) is 19.0 Å². The molecule has 0 N–H and O–H groups in total. The van der Waals surface area contributed by atoms with Crippen molar-refractivity contribution in [3.63, 3.8) is 0 Å². The fourth-order valence-electron chi connectivity index (χ4n) is 1.17. The normalized spacial score (nSPS) is 13.8. The van der Waals surface area contributed by atoms with E-state index in [1.54, 1.807) is 13.3 Å². The Balaban J connectivity index is 2.30. The largest absolute Gasteiger partial charge is 0.497 e. The summed E-state index contributed by atoms with van der Waals surface area (Å²) in [5.74, 6) is 0.834. The molecule has 1 aromatic rings. The van der Waals surface area contributed by atoms with Crippen molar-refractivity contribution in [2.75, 3.05) is 7.11 Å². The summed E-state index contributed by atoms with van der Waals surface area (Å²) < 4.78 is 5.10. The van der Waals surface area contributed by atoms with E-state index in [-0.39, 0.29) is 0 Å². The Morgan fingerprint density at radius 1 is 1.31 bits per heavy atom. The molecule has 0 saturated carbocycles. The van der Waals surface area contributed by atoms with Crippen LogP contribution in [0.15, 0.2) is 35.4 Å². The molecule has 0 saturated heterocycles. The predicted octanol–water partition coefficient (Wildman–Crippen LogP) is 1.64. The van der Waals surface area contributed by atoms with E-state index in [1.807, 2.05) is 30.3 Å². The van der Waals surface area contributed by atoms with Crippen LogP contribution in [0.3, 0.4) is 0 Å². The molecule has 1 heterocycles. The molecule has 3 heteroatoms. The molecule has 3 nitrogen and oxygen atoms in total. The summed E-state index contributed by atoms with van der Waals surface area (Å²) in [6.07, 6.45) is 3.55. The molecule has 1 aliphatic heterocycles. The Bertz CT molecular complexity index is 369. The molecular formula is C10H9N2O. The first kappa shape index (κ1) is 7.86. The van der Waals surface area contributed by atoms with Crippen molar-refractivity contribution in [3.05, 3.63) is 35.9 Å². The molecule has 0 bridgehead atoms. The molecule has 0 unspecified atom stereocenters. The Labute approximate surface area is 76.7 Å². The van der Waals surface area contributed by atoms with Gasteiger partial charge in [0.15, 0.2) is 0 Å². The van der Waals surface area contributed by atoms with Gasteiger partial charge in [0.25, 0.3) is 0 Å². The van der Waals surface area contributed by atoms with Crippen LogP contribution in [0, 0.1) is 0 Å². The molecule has 1 aliphatic rings. The summed E-state index contributed by atoms with van der Waals surface area (Å²) in [5, 5.41) is 3.76. The van der Waals surface area contributed by atoms with Crippen molar-refractivity contribution in [2.24, 2.45) is 5.10 Å². The van der Waals surface area contributed by atoms with Gasteiger partial charge in [-0.05, 0) is 18.2 Å². The van der Waals surface area contributed by atoms with Crippen molar-refractivity contribution in [1.29, 1.82) is 0 Å². The lowest BCUT2D eigenvalue weighted by Crippen LogP contribution is -1.92. The van der Waals surface area contributed by atoms with Crippen LogP contribution in [0.2, 0.25) is 0 Å². The first-order valence-electron chi connectivity index (χ1n) is 3.99.